The third-order valence-corrected chi connectivity index (χ3v) is 3.19. The summed E-state index contributed by atoms with van der Waals surface area (Å²) in [4.78, 5) is 32.7. The van der Waals surface area contributed by atoms with E-state index in [1.165, 1.54) is 0 Å². The Morgan fingerprint density at radius 2 is 2.04 bits per heavy atom. The molecule has 0 unspecified atom stereocenters. The molecule has 0 fully saturated rings. The number of ether oxygens (including phenoxy) is 1. The van der Waals surface area contributed by atoms with Crippen molar-refractivity contribution in [2.75, 3.05) is 11.9 Å². The summed E-state index contributed by atoms with van der Waals surface area (Å²) in [5, 5.41) is 5.82. The number of carbonyl (C=O) groups is 1. The summed E-state index contributed by atoms with van der Waals surface area (Å²) < 4.78 is 6.01. The van der Waals surface area contributed by atoms with E-state index in [1.807, 2.05) is 30.3 Å². The second-order valence-electron chi connectivity index (χ2n) is 4.80. The molecular formula is C15H15N5O3. The van der Waals surface area contributed by atoms with Crippen molar-refractivity contribution in [1.82, 2.24) is 19.6 Å². The molecule has 2 N–H and O–H groups in total. The van der Waals surface area contributed by atoms with Gasteiger partial charge >= 0.3 is 5.97 Å². The third-order valence-electron chi connectivity index (χ3n) is 3.19. The number of nitrogens with zero attached hydrogens (tertiary/aromatic N) is 3. The monoisotopic (exact) mass is 313 g/mol. The topological polar surface area (TPSA) is 101 Å². The number of esters is 1. The normalized spacial score (nSPS) is 10.7. The molecule has 3 aromatic rings. The van der Waals surface area contributed by atoms with Gasteiger partial charge in [-0.15, -0.1) is 0 Å². The number of aromatic nitrogens is 4. The van der Waals surface area contributed by atoms with Crippen LogP contribution in [0.15, 0.2) is 35.1 Å². The van der Waals surface area contributed by atoms with Gasteiger partial charge in [0, 0.05) is 5.69 Å². The van der Waals surface area contributed by atoms with E-state index in [0.29, 0.717) is 5.95 Å². The van der Waals surface area contributed by atoms with Crippen molar-refractivity contribution in [2.24, 2.45) is 0 Å². The molecule has 2 aromatic heterocycles. The lowest BCUT2D eigenvalue weighted by Crippen LogP contribution is -2.26. The van der Waals surface area contributed by atoms with Crippen LogP contribution in [0.2, 0.25) is 0 Å². The van der Waals surface area contributed by atoms with Gasteiger partial charge in [-0.2, -0.15) is 9.50 Å². The second kappa shape index (κ2) is 5.91. The summed E-state index contributed by atoms with van der Waals surface area (Å²) in [5.74, 6) is -0.163. The third kappa shape index (κ3) is 2.78. The van der Waals surface area contributed by atoms with Gasteiger partial charge in [-0.25, -0.2) is 9.78 Å². The maximum atomic E-state index is 12.5. The molecule has 3 rings (SSSR count). The average Bonchev–Trinajstić information content (AvgIpc) is 2.91. The number of nitrogens with one attached hydrogen (secondary N) is 2. The van der Waals surface area contributed by atoms with Crippen molar-refractivity contribution >= 4 is 23.4 Å². The van der Waals surface area contributed by atoms with Crippen molar-refractivity contribution < 1.29 is 9.53 Å². The second-order valence-corrected chi connectivity index (χ2v) is 4.80. The zero-order chi connectivity index (χ0) is 16.4. The summed E-state index contributed by atoms with van der Waals surface area (Å²) in [7, 11) is 0. The lowest BCUT2D eigenvalue weighted by atomic mass is 10.2. The predicted molar refractivity (Wildman–Crippen MR) is 84.0 cm³/mol. The van der Waals surface area contributed by atoms with E-state index in [-0.39, 0.29) is 23.6 Å². The van der Waals surface area contributed by atoms with E-state index >= 15 is 0 Å². The highest BCUT2D eigenvalue weighted by molar-refractivity contribution is 5.90. The Hall–Kier alpha value is -3.16. The fourth-order valence-corrected chi connectivity index (χ4v) is 2.17. The van der Waals surface area contributed by atoms with Gasteiger partial charge in [0.25, 0.3) is 11.3 Å². The lowest BCUT2D eigenvalue weighted by molar-refractivity contribution is 0.0522. The number of aryl methyl sites for hydroxylation is 1. The molecule has 0 saturated carbocycles. The minimum Gasteiger partial charge on any atom is -0.462 e. The molecule has 0 spiro atoms. The van der Waals surface area contributed by atoms with Crippen LogP contribution in [0.3, 0.4) is 0 Å². The van der Waals surface area contributed by atoms with E-state index in [9.17, 15) is 9.59 Å². The number of anilines is 2. The van der Waals surface area contributed by atoms with E-state index in [0.717, 1.165) is 10.2 Å². The Labute approximate surface area is 131 Å². The maximum Gasteiger partial charge on any atom is 0.345 e. The van der Waals surface area contributed by atoms with Crippen molar-refractivity contribution in [2.45, 2.75) is 13.8 Å². The fraction of sp³-hybridized carbons (Fsp3) is 0.200. The Kier molecular flexibility index (Phi) is 3.80. The molecule has 0 aliphatic rings. The molecule has 0 bridgehead atoms. The number of rotatable bonds is 4. The van der Waals surface area contributed by atoms with Crippen LogP contribution in [0, 0.1) is 6.92 Å². The predicted octanol–water partition coefficient (Wildman–Crippen LogP) is 1.65. The summed E-state index contributed by atoms with van der Waals surface area (Å²) >= 11 is 0. The summed E-state index contributed by atoms with van der Waals surface area (Å²) in [6.45, 7) is 3.44. The number of fused-ring (bicyclic) bond motifs is 1. The lowest BCUT2D eigenvalue weighted by Gasteiger charge is -2.03. The van der Waals surface area contributed by atoms with Gasteiger partial charge < -0.3 is 10.1 Å². The summed E-state index contributed by atoms with van der Waals surface area (Å²) in [6, 6.07) is 9.36. The highest BCUT2D eigenvalue weighted by Gasteiger charge is 2.20. The van der Waals surface area contributed by atoms with Crippen LogP contribution in [-0.2, 0) is 4.74 Å². The number of H-pyrrole nitrogens is 1. The van der Waals surface area contributed by atoms with Crippen LogP contribution in [0.5, 0.6) is 0 Å². The van der Waals surface area contributed by atoms with Crippen molar-refractivity contribution in [3.8, 4) is 0 Å². The fourth-order valence-electron chi connectivity index (χ4n) is 2.17. The van der Waals surface area contributed by atoms with E-state index in [2.05, 4.69) is 20.4 Å². The highest BCUT2D eigenvalue weighted by atomic mass is 16.5. The number of benzene rings is 1. The number of hydrogen-bond donors (Lipinski definition) is 2. The van der Waals surface area contributed by atoms with E-state index < -0.39 is 11.5 Å². The molecule has 118 valence electrons. The smallest absolute Gasteiger partial charge is 0.345 e. The first-order valence-corrected chi connectivity index (χ1v) is 7.08. The number of hydrogen-bond acceptors (Lipinski definition) is 6. The average molecular weight is 313 g/mol. The zero-order valence-corrected chi connectivity index (χ0v) is 12.7. The Bertz CT molecular complexity index is 914. The standard InChI is InChI=1S/C15H15N5O3/c1-3-23-13(22)11-9(2)16-15-18-14(19-20(15)12(11)21)17-10-7-5-4-6-8-10/h4-8H,3H2,1-2H3,(H2,16,17,18,19). The molecule has 0 aliphatic carbocycles. The molecule has 23 heavy (non-hydrogen) atoms. The van der Waals surface area contributed by atoms with E-state index in [4.69, 9.17) is 4.74 Å². The molecular weight excluding hydrogens is 298 g/mol. The molecule has 0 aliphatic heterocycles. The van der Waals surface area contributed by atoms with Crippen LogP contribution in [-0.4, -0.2) is 32.2 Å². The van der Waals surface area contributed by atoms with Gasteiger partial charge in [-0.05, 0) is 26.0 Å². The minimum atomic E-state index is -0.691. The first-order valence-electron chi connectivity index (χ1n) is 7.08. The van der Waals surface area contributed by atoms with Crippen molar-refractivity contribution in [3.63, 3.8) is 0 Å². The Morgan fingerprint density at radius 1 is 1.30 bits per heavy atom. The maximum absolute atomic E-state index is 12.5. The van der Waals surface area contributed by atoms with Gasteiger partial charge in [-0.3, -0.25) is 9.89 Å². The zero-order valence-electron chi connectivity index (χ0n) is 12.7. The number of carbonyl (C=O) groups excluding carboxylic acids is 1. The Morgan fingerprint density at radius 3 is 2.74 bits per heavy atom. The van der Waals surface area contributed by atoms with E-state index in [1.54, 1.807) is 13.8 Å². The molecule has 0 amide bonds. The quantitative estimate of drug-likeness (QED) is 0.710. The molecule has 0 saturated heterocycles. The Balaban J connectivity index is 2.05. The molecule has 0 radical (unpaired) electrons. The van der Waals surface area contributed by atoms with Crippen molar-refractivity contribution in [3.05, 3.63) is 51.9 Å². The first kappa shape index (κ1) is 14.8. The van der Waals surface area contributed by atoms with Crippen LogP contribution in [0.1, 0.15) is 23.0 Å². The van der Waals surface area contributed by atoms with Gasteiger partial charge in [-0.1, -0.05) is 18.2 Å². The number of para-hydroxylation sites is 1. The molecule has 2 heterocycles. The summed E-state index contributed by atoms with van der Waals surface area (Å²) in [5.41, 5.74) is 0.451. The van der Waals surface area contributed by atoms with Crippen LogP contribution in [0.25, 0.3) is 5.78 Å². The van der Waals surface area contributed by atoms with Gasteiger partial charge in [0.05, 0.1) is 12.3 Å². The molecule has 8 nitrogen and oxygen atoms in total. The van der Waals surface area contributed by atoms with Gasteiger partial charge in [0.2, 0.25) is 5.95 Å². The van der Waals surface area contributed by atoms with Crippen LogP contribution in [0.4, 0.5) is 11.6 Å². The molecule has 0 atom stereocenters. The summed E-state index contributed by atoms with van der Waals surface area (Å²) in [6.07, 6.45) is 0. The number of aromatic amines is 1. The van der Waals surface area contributed by atoms with Crippen LogP contribution < -0.4 is 10.9 Å². The van der Waals surface area contributed by atoms with Gasteiger partial charge in [0.15, 0.2) is 0 Å². The van der Waals surface area contributed by atoms with Crippen molar-refractivity contribution in [1.29, 1.82) is 0 Å². The highest BCUT2D eigenvalue weighted by Crippen LogP contribution is 2.12. The first-order chi connectivity index (χ1) is 11.1. The molecule has 1 aromatic carbocycles. The van der Waals surface area contributed by atoms with Gasteiger partial charge in [0.1, 0.15) is 5.56 Å². The van der Waals surface area contributed by atoms with Crippen LogP contribution >= 0.6 is 0 Å². The largest absolute Gasteiger partial charge is 0.462 e. The minimum absolute atomic E-state index is 0.0979. The molecule has 8 heteroatoms. The SMILES string of the molecule is CCOC(=O)c1c(C)nc2nc(Nc3ccccc3)[nH]n2c1=O.